The van der Waals surface area contributed by atoms with E-state index in [0.29, 0.717) is 12.1 Å². The summed E-state index contributed by atoms with van der Waals surface area (Å²) in [5.74, 6) is -1.32. The molecular weight excluding hydrogens is 559 g/mol. The third kappa shape index (κ3) is 4.55. The maximum Gasteiger partial charge on any atom is 0.509 e. The first-order valence-corrected chi connectivity index (χ1v) is 13.8. The third-order valence-corrected chi connectivity index (χ3v) is 8.23. The zero-order valence-electron chi connectivity index (χ0n) is 21.2. The van der Waals surface area contributed by atoms with Gasteiger partial charge in [0.15, 0.2) is 29.1 Å². The first kappa shape index (κ1) is 26.8. The summed E-state index contributed by atoms with van der Waals surface area (Å²) in [4.78, 5) is 24.8. The van der Waals surface area contributed by atoms with Gasteiger partial charge in [-0.3, -0.25) is 18.1 Å². The van der Waals surface area contributed by atoms with E-state index in [0.717, 1.165) is 18.2 Å². The van der Waals surface area contributed by atoms with Gasteiger partial charge in [0, 0.05) is 12.0 Å². The fourth-order valence-corrected chi connectivity index (χ4v) is 6.38. The van der Waals surface area contributed by atoms with Gasteiger partial charge >= 0.3 is 14.0 Å². The van der Waals surface area contributed by atoms with Gasteiger partial charge in [-0.1, -0.05) is 0 Å². The standard InChI is InChI=1S/C23H24F2N5O9P/c1-3-33-19-16-18(28-21(26)29-19)30(10-27-16)20-23(2)17(37-22(31)38-23)15(36-20)9-35-40(32)34-7-6-14(39-40)12-8-11(24)4-5-13(12)25/h4-5,8,10,14-15,17,20H,3,6-7,9H2,1-2H3,(H2,26,28,29)/t14-,15+,17+,20+,23+,40+/m0/s1. The van der Waals surface area contributed by atoms with Crippen LogP contribution in [0.3, 0.4) is 0 Å². The van der Waals surface area contributed by atoms with Crippen LogP contribution < -0.4 is 10.5 Å². The number of benzene rings is 1. The number of carbonyl (C=O) groups is 1. The minimum Gasteiger partial charge on any atom is -0.476 e. The number of imidazole rings is 1. The second-order valence-corrected chi connectivity index (χ2v) is 11.0. The number of phosphoric acid groups is 1. The van der Waals surface area contributed by atoms with Crippen LogP contribution in [0.5, 0.6) is 5.88 Å². The fourth-order valence-electron chi connectivity index (χ4n) is 4.99. The molecule has 0 radical (unpaired) electrons. The maximum absolute atomic E-state index is 14.3. The number of carbonyl (C=O) groups excluding carboxylic acids is 1. The van der Waals surface area contributed by atoms with Crippen LogP contribution in [-0.4, -0.2) is 63.3 Å². The second kappa shape index (κ2) is 9.89. The van der Waals surface area contributed by atoms with Crippen LogP contribution in [0.25, 0.3) is 11.2 Å². The van der Waals surface area contributed by atoms with Crippen LogP contribution >= 0.6 is 7.82 Å². The minimum absolute atomic E-state index is 0.0778. The number of hydrogen-bond donors (Lipinski definition) is 1. The molecule has 3 aliphatic heterocycles. The zero-order chi connectivity index (χ0) is 28.2. The Hall–Kier alpha value is -3.43. The number of fused-ring (bicyclic) bond motifs is 2. The molecule has 14 nitrogen and oxygen atoms in total. The molecule has 3 fully saturated rings. The average Bonchev–Trinajstić information content (AvgIpc) is 3.53. The minimum atomic E-state index is -4.26. The Balaban J connectivity index is 1.24. The van der Waals surface area contributed by atoms with Gasteiger partial charge in [0.05, 0.1) is 32.3 Å². The number of aromatic nitrogens is 4. The first-order valence-electron chi connectivity index (χ1n) is 12.3. The highest BCUT2D eigenvalue weighted by molar-refractivity contribution is 7.48. The molecule has 2 aromatic heterocycles. The van der Waals surface area contributed by atoms with Gasteiger partial charge in [-0.25, -0.2) is 23.1 Å². The molecule has 17 heteroatoms. The predicted molar refractivity (Wildman–Crippen MR) is 129 cm³/mol. The smallest absolute Gasteiger partial charge is 0.476 e. The molecule has 2 N–H and O–H groups in total. The number of halogens is 2. The molecule has 3 saturated heterocycles. The molecule has 0 unspecified atom stereocenters. The van der Waals surface area contributed by atoms with Gasteiger partial charge in [0.2, 0.25) is 11.8 Å². The van der Waals surface area contributed by atoms with Gasteiger partial charge in [-0.05, 0) is 32.0 Å². The molecule has 0 spiro atoms. The van der Waals surface area contributed by atoms with Crippen molar-refractivity contribution in [3.05, 3.63) is 41.7 Å². The number of hydrogen-bond acceptors (Lipinski definition) is 13. The molecule has 0 saturated carbocycles. The molecule has 5 heterocycles. The number of ether oxygens (including phenoxy) is 4. The molecule has 0 aliphatic carbocycles. The van der Waals surface area contributed by atoms with E-state index in [1.165, 1.54) is 10.9 Å². The number of anilines is 1. The summed E-state index contributed by atoms with van der Waals surface area (Å²) in [5.41, 5.74) is 4.91. The van der Waals surface area contributed by atoms with Crippen molar-refractivity contribution >= 4 is 31.1 Å². The Labute approximate surface area is 225 Å². The summed E-state index contributed by atoms with van der Waals surface area (Å²) in [6.45, 7) is 3.13. The molecule has 0 amide bonds. The van der Waals surface area contributed by atoms with Crippen molar-refractivity contribution in [2.45, 2.75) is 50.4 Å². The summed E-state index contributed by atoms with van der Waals surface area (Å²) in [5, 5.41) is 0. The highest BCUT2D eigenvalue weighted by atomic mass is 31.2. The molecule has 3 aromatic rings. The second-order valence-electron chi connectivity index (χ2n) is 9.37. The summed E-state index contributed by atoms with van der Waals surface area (Å²) in [7, 11) is -4.26. The quantitative estimate of drug-likeness (QED) is 0.317. The topological polar surface area (TPSA) is 168 Å². The Bertz CT molecular complexity index is 1530. The maximum atomic E-state index is 14.3. The highest BCUT2D eigenvalue weighted by Gasteiger charge is 2.64. The lowest BCUT2D eigenvalue weighted by atomic mass is 9.96. The lowest BCUT2D eigenvalue weighted by Crippen LogP contribution is -2.42. The predicted octanol–water partition coefficient (Wildman–Crippen LogP) is 3.58. The Morgan fingerprint density at radius 1 is 1.30 bits per heavy atom. The zero-order valence-corrected chi connectivity index (χ0v) is 22.1. The van der Waals surface area contributed by atoms with Crippen molar-refractivity contribution in [1.82, 2.24) is 19.5 Å². The number of rotatable bonds is 7. The number of nitrogen functional groups attached to an aromatic ring is 1. The van der Waals surface area contributed by atoms with E-state index >= 15 is 0 Å². The van der Waals surface area contributed by atoms with E-state index in [-0.39, 0.29) is 36.1 Å². The van der Waals surface area contributed by atoms with E-state index in [9.17, 15) is 18.1 Å². The number of nitrogens with two attached hydrogens (primary N) is 1. The van der Waals surface area contributed by atoms with E-state index in [1.807, 2.05) is 0 Å². The molecule has 6 atom stereocenters. The lowest BCUT2D eigenvalue weighted by Gasteiger charge is -2.30. The lowest BCUT2D eigenvalue weighted by molar-refractivity contribution is -0.0926. The molecule has 6 rings (SSSR count). The molecule has 214 valence electrons. The van der Waals surface area contributed by atoms with Crippen LogP contribution in [0.1, 0.15) is 38.2 Å². The molecule has 3 aliphatic rings. The van der Waals surface area contributed by atoms with Crippen molar-refractivity contribution in [1.29, 1.82) is 0 Å². The SMILES string of the molecule is CCOc1nc(N)nc2c1ncn2[C@@H]1O[C@H](CO[P@@]2(=O)OCC[C@@H](c3cc(F)ccc3F)O2)[C@H]2OC(=O)O[C@]21C. The molecule has 0 bridgehead atoms. The van der Waals surface area contributed by atoms with E-state index in [2.05, 4.69) is 15.0 Å². The number of nitrogens with zero attached hydrogens (tertiary/aromatic N) is 4. The van der Waals surface area contributed by atoms with E-state index < -0.39 is 62.4 Å². The fraction of sp³-hybridized carbons (Fsp3) is 0.478. The van der Waals surface area contributed by atoms with Gasteiger partial charge in [0.25, 0.3) is 0 Å². The molecule has 40 heavy (non-hydrogen) atoms. The van der Waals surface area contributed by atoms with Crippen LogP contribution in [0.2, 0.25) is 0 Å². The van der Waals surface area contributed by atoms with Gasteiger partial charge in [0.1, 0.15) is 17.7 Å². The number of phosphoric ester groups is 1. The summed E-state index contributed by atoms with van der Waals surface area (Å²) >= 11 is 0. The van der Waals surface area contributed by atoms with Gasteiger partial charge in [-0.2, -0.15) is 9.97 Å². The van der Waals surface area contributed by atoms with Crippen LogP contribution in [0.15, 0.2) is 24.5 Å². The monoisotopic (exact) mass is 583 g/mol. The van der Waals surface area contributed by atoms with Crippen LogP contribution in [0, 0.1) is 11.6 Å². The molecular formula is C23H24F2N5O9P. The van der Waals surface area contributed by atoms with Crippen molar-refractivity contribution in [3.63, 3.8) is 0 Å². The first-order chi connectivity index (χ1) is 19.1. The molecule has 1 aromatic carbocycles. The van der Waals surface area contributed by atoms with Crippen molar-refractivity contribution < 1.29 is 50.7 Å². The van der Waals surface area contributed by atoms with Crippen LogP contribution in [-0.2, 0) is 32.3 Å². The highest BCUT2D eigenvalue weighted by Crippen LogP contribution is 2.58. The van der Waals surface area contributed by atoms with E-state index in [4.69, 9.17) is 38.3 Å². The van der Waals surface area contributed by atoms with E-state index in [1.54, 1.807) is 13.8 Å². The summed E-state index contributed by atoms with van der Waals surface area (Å²) in [6.07, 6.45) is -3.57. The van der Waals surface area contributed by atoms with Crippen molar-refractivity contribution in [2.24, 2.45) is 0 Å². The summed E-state index contributed by atoms with van der Waals surface area (Å²) < 4.78 is 81.6. The Kier molecular flexibility index (Phi) is 6.62. The van der Waals surface area contributed by atoms with Crippen LogP contribution in [0.4, 0.5) is 19.5 Å². The van der Waals surface area contributed by atoms with Crippen molar-refractivity contribution in [2.75, 3.05) is 25.6 Å². The third-order valence-electron chi connectivity index (χ3n) is 6.75. The van der Waals surface area contributed by atoms with Gasteiger partial charge < -0.3 is 24.7 Å². The largest absolute Gasteiger partial charge is 0.509 e. The van der Waals surface area contributed by atoms with Gasteiger partial charge in [-0.15, -0.1) is 0 Å². The summed E-state index contributed by atoms with van der Waals surface area (Å²) in [6, 6.07) is 2.88. The Morgan fingerprint density at radius 2 is 2.12 bits per heavy atom. The Morgan fingerprint density at radius 3 is 2.92 bits per heavy atom. The average molecular weight is 583 g/mol. The normalized spacial score (nSPS) is 31.6. The van der Waals surface area contributed by atoms with Crippen molar-refractivity contribution in [3.8, 4) is 5.88 Å².